The van der Waals surface area contributed by atoms with E-state index in [1.165, 1.54) is 18.9 Å². The molecule has 2 rings (SSSR count). The molecule has 0 radical (unpaired) electrons. The lowest BCUT2D eigenvalue weighted by Crippen LogP contribution is -2.38. The van der Waals surface area contributed by atoms with Gasteiger partial charge in [0.1, 0.15) is 5.82 Å². The van der Waals surface area contributed by atoms with Gasteiger partial charge in [0.25, 0.3) is 0 Å². The normalized spacial score (nSPS) is 15.8. The van der Waals surface area contributed by atoms with Crippen molar-refractivity contribution in [3.8, 4) is 0 Å². The molecule has 1 saturated carbocycles. The Bertz CT molecular complexity index is 401. The van der Waals surface area contributed by atoms with Crippen LogP contribution in [0.2, 0.25) is 0 Å². The molecule has 0 saturated heterocycles. The van der Waals surface area contributed by atoms with Crippen molar-refractivity contribution in [3.05, 3.63) is 29.8 Å². The summed E-state index contributed by atoms with van der Waals surface area (Å²) in [6, 6.07) is 3.51. The highest BCUT2D eigenvalue weighted by Crippen LogP contribution is 2.18. The number of nitrogens with zero attached hydrogens (tertiary/aromatic N) is 2. The lowest BCUT2D eigenvalue weighted by Gasteiger charge is -2.09. The van der Waals surface area contributed by atoms with Gasteiger partial charge in [0.2, 0.25) is 0 Å². The summed E-state index contributed by atoms with van der Waals surface area (Å²) in [4.78, 5) is 8.28. The van der Waals surface area contributed by atoms with Gasteiger partial charge in [0.05, 0.1) is 12.2 Å². The number of rotatable bonds is 4. The predicted molar refractivity (Wildman–Crippen MR) is 65.2 cm³/mol. The van der Waals surface area contributed by atoms with E-state index in [-0.39, 0.29) is 12.4 Å². The third kappa shape index (κ3) is 3.69. The van der Waals surface area contributed by atoms with Gasteiger partial charge in [0.15, 0.2) is 5.96 Å². The van der Waals surface area contributed by atoms with E-state index in [1.807, 2.05) is 6.92 Å². The van der Waals surface area contributed by atoms with E-state index >= 15 is 0 Å². The zero-order chi connectivity index (χ0) is 12.1. The van der Waals surface area contributed by atoms with Crippen LogP contribution in [-0.2, 0) is 6.54 Å². The van der Waals surface area contributed by atoms with Crippen LogP contribution in [0.5, 0.6) is 0 Å². The zero-order valence-corrected chi connectivity index (χ0v) is 9.91. The Labute approximate surface area is 100 Å². The molecule has 1 aliphatic rings. The van der Waals surface area contributed by atoms with Gasteiger partial charge in [-0.2, -0.15) is 0 Å². The first-order valence-electron chi connectivity index (χ1n) is 5.94. The van der Waals surface area contributed by atoms with Gasteiger partial charge in [-0.1, -0.05) is 0 Å². The molecule has 0 atom stereocenters. The van der Waals surface area contributed by atoms with Gasteiger partial charge >= 0.3 is 0 Å². The van der Waals surface area contributed by atoms with Gasteiger partial charge in [-0.15, -0.1) is 0 Å². The maximum absolute atomic E-state index is 13.3. The van der Waals surface area contributed by atoms with Crippen LogP contribution in [0.3, 0.4) is 0 Å². The van der Waals surface area contributed by atoms with Crippen molar-refractivity contribution in [3.63, 3.8) is 0 Å². The average Bonchev–Trinajstić information content (AvgIpc) is 3.12. The molecule has 17 heavy (non-hydrogen) atoms. The maximum atomic E-state index is 13.3. The molecule has 1 aromatic rings. The van der Waals surface area contributed by atoms with Crippen LogP contribution < -0.4 is 10.6 Å². The van der Waals surface area contributed by atoms with Crippen LogP contribution in [0.4, 0.5) is 4.39 Å². The Morgan fingerprint density at radius 1 is 1.59 bits per heavy atom. The third-order valence-electron chi connectivity index (χ3n) is 2.48. The van der Waals surface area contributed by atoms with Crippen molar-refractivity contribution in [1.29, 1.82) is 0 Å². The molecule has 92 valence electrons. The second-order valence-electron chi connectivity index (χ2n) is 4.05. The molecule has 0 spiro atoms. The van der Waals surface area contributed by atoms with Crippen molar-refractivity contribution in [2.75, 3.05) is 6.54 Å². The lowest BCUT2D eigenvalue weighted by molar-refractivity contribution is 0.599. The molecule has 1 aliphatic carbocycles. The summed E-state index contributed by atoms with van der Waals surface area (Å²) >= 11 is 0. The molecule has 4 nitrogen and oxygen atoms in total. The molecule has 5 heteroatoms. The first-order chi connectivity index (χ1) is 8.29. The number of nitrogens with one attached hydrogen (secondary N) is 2. The number of hydrogen-bond acceptors (Lipinski definition) is 2. The topological polar surface area (TPSA) is 49.3 Å². The maximum Gasteiger partial charge on any atom is 0.191 e. The summed E-state index contributed by atoms with van der Waals surface area (Å²) in [5, 5.41) is 6.40. The molecule has 1 fully saturated rings. The average molecular weight is 236 g/mol. The van der Waals surface area contributed by atoms with Crippen molar-refractivity contribution in [2.45, 2.75) is 32.4 Å². The van der Waals surface area contributed by atoms with Crippen LogP contribution in [-0.4, -0.2) is 23.5 Å². The van der Waals surface area contributed by atoms with E-state index in [4.69, 9.17) is 0 Å². The predicted octanol–water partition coefficient (Wildman–Crippen LogP) is 1.44. The van der Waals surface area contributed by atoms with Gasteiger partial charge in [-0.25, -0.2) is 9.38 Å². The minimum absolute atomic E-state index is 0.259. The summed E-state index contributed by atoms with van der Waals surface area (Å²) < 4.78 is 13.3. The second-order valence-corrected chi connectivity index (χ2v) is 4.05. The Balaban J connectivity index is 1.97. The molecule has 1 aromatic heterocycles. The van der Waals surface area contributed by atoms with Gasteiger partial charge in [0, 0.05) is 18.8 Å². The van der Waals surface area contributed by atoms with Crippen LogP contribution >= 0.6 is 0 Å². The summed E-state index contributed by atoms with van der Waals surface area (Å²) in [6.45, 7) is 3.06. The molecule has 1 heterocycles. The SMILES string of the molecule is CCNC(=NCc1ncccc1F)NC1CC1. The summed E-state index contributed by atoms with van der Waals surface area (Å²) in [5.74, 6) is 0.429. The van der Waals surface area contributed by atoms with E-state index in [0.717, 1.165) is 12.5 Å². The Morgan fingerprint density at radius 2 is 2.41 bits per heavy atom. The van der Waals surface area contributed by atoms with Crippen LogP contribution in [0.15, 0.2) is 23.3 Å². The second kappa shape index (κ2) is 5.61. The van der Waals surface area contributed by atoms with Crippen LogP contribution in [0.1, 0.15) is 25.5 Å². The van der Waals surface area contributed by atoms with Crippen LogP contribution in [0, 0.1) is 5.82 Å². The summed E-state index contributed by atoms with van der Waals surface area (Å²) in [6.07, 6.45) is 3.94. The highest BCUT2D eigenvalue weighted by atomic mass is 19.1. The summed E-state index contributed by atoms with van der Waals surface area (Å²) in [7, 11) is 0. The molecule has 0 aliphatic heterocycles. The number of pyridine rings is 1. The van der Waals surface area contributed by atoms with E-state index < -0.39 is 0 Å². The molecular weight excluding hydrogens is 219 g/mol. The summed E-state index contributed by atoms with van der Waals surface area (Å²) in [5.41, 5.74) is 0.375. The number of aliphatic imine (C=N–C) groups is 1. The minimum atomic E-state index is -0.307. The van der Waals surface area contributed by atoms with Crippen molar-refractivity contribution >= 4 is 5.96 Å². The minimum Gasteiger partial charge on any atom is -0.357 e. The van der Waals surface area contributed by atoms with Crippen molar-refractivity contribution in [2.24, 2.45) is 4.99 Å². The first kappa shape index (κ1) is 11.8. The fourth-order valence-corrected chi connectivity index (χ4v) is 1.43. The number of aromatic nitrogens is 1. The zero-order valence-electron chi connectivity index (χ0n) is 9.91. The van der Waals surface area contributed by atoms with E-state index in [0.29, 0.717) is 11.7 Å². The van der Waals surface area contributed by atoms with Crippen molar-refractivity contribution in [1.82, 2.24) is 15.6 Å². The van der Waals surface area contributed by atoms with Gasteiger partial charge in [-0.3, -0.25) is 4.98 Å². The van der Waals surface area contributed by atoms with Crippen LogP contribution in [0.25, 0.3) is 0 Å². The monoisotopic (exact) mass is 236 g/mol. The van der Waals surface area contributed by atoms with E-state index in [9.17, 15) is 4.39 Å². The highest BCUT2D eigenvalue weighted by Gasteiger charge is 2.22. The number of halogens is 1. The fraction of sp³-hybridized carbons (Fsp3) is 0.500. The smallest absolute Gasteiger partial charge is 0.191 e. The number of hydrogen-bond donors (Lipinski definition) is 2. The molecule has 2 N–H and O–H groups in total. The molecule has 0 aromatic carbocycles. The van der Waals surface area contributed by atoms with E-state index in [2.05, 4.69) is 20.6 Å². The Kier molecular flexibility index (Phi) is 3.90. The molecule has 0 unspecified atom stereocenters. The lowest BCUT2D eigenvalue weighted by atomic mass is 10.3. The van der Waals surface area contributed by atoms with Gasteiger partial charge in [-0.05, 0) is 31.9 Å². The Hall–Kier alpha value is -1.65. The Morgan fingerprint density at radius 3 is 3.06 bits per heavy atom. The first-order valence-corrected chi connectivity index (χ1v) is 5.94. The standard InChI is InChI=1S/C12H17FN4/c1-2-14-12(17-9-5-6-9)16-8-11-10(13)4-3-7-15-11/h3-4,7,9H,2,5-6,8H2,1H3,(H2,14,16,17). The third-order valence-corrected chi connectivity index (χ3v) is 2.48. The largest absolute Gasteiger partial charge is 0.357 e. The quantitative estimate of drug-likeness (QED) is 0.614. The van der Waals surface area contributed by atoms with Crippen molar-refractivity contribution < 1.29 is 4.39 Å². The molecule has 0 amide bonds. The van der Waals surface area contributed by atoms with E-state index in [1.54, 1.807) is 12.3 Å². The molecule has 0 bridgehead atoms. The number of guanidine groups is 1. The van der Waals surface area contributed by atoms with Gasteiger partial charge < -0.3 is 10.6 Å². The fourth-order valence-electron chi connectivity index (χ4n) is 1.43. The highest BCUT2D eigenvalue weighted by molar-refractivity contribution is 5.80. The molecular formula is C12H17FN4.